The second kappa shape index (κ2) is 8.55. The summed E-state index contributed by atoms with van der Waals surface area (Å²) in [7, 11) is 0. The molecule has 9 heteroatoms. The lowest BCUT2D eigenvalue weighted by Gasteiger charge is -2.14. The van der Waals surface area contributed by atoms with Crippen LogP contribution in [0.4, 0.5) is 15.9 Å². The molecule has 156 valence electrons. The molecular formula is C22H18ClFN6O. The summed E-state index contributed by atoms with van der Waals surface area (Å²) in [5.41, 5.74) is 11.0. The lowest BCUT2D eigenvalue weighted by atomic mass is 10.1. The number of carbonyl (C=O) groups excluding carboxylic acids is 1. The third-order valence-electron chi connectivity index (χ3n) is 4.80. The van der Waals surface area contributed by atoms with Crippen molar-refractivity contribution in [2.24, 2.45) is 11.6 Å². The van der Waals surface area contributed by atoms with Gasteiger partial charge in [-0.15, -0.1) is 0 Å². The number of rotatable bonds is 6. The number of benzene rings is 2. The Bertz CT molecular complexity index is 1300. The Hall–Kier alpha value is -3.75. The summed E-state index contributed by atoms with van der Waals surface area (Å²) in [4.78, 5) is 20.1. The molecule has 4 aromatic rings. The molecule has 1 amide bonds. The van der Waals surface area contributed by atoms with Crippen molar-refractivity contribution in [3.05, 3.63) is 82.8 Å². The fourth-order valence-electron chi connectivity index (χ4n) is 3.20. The summed E-state index contributed by atoms with van der Waals surface area (Å²) in [6, 6.07) is 15.2. The maximum atomic E-state index is 14.5. The van der Waals surface area contributed by atoms with E-state index in [1.165, 1.54) is 6.07 Å². The van der Waals surface area contributed by atoms with Crippen molar-refractivity contribution in [3.8, 4) is 11.3 Å². The number of nitrogen functional groups attached to an aromatic ring is 1. The Morgan fingerprint density at radius 2 is 1.97 bits per heavy atom. The van der Waals surface area contributed by atoms with Gasteiger partial charge in [0.05, 0.1) is 27.5 Å². The standard InChI is InChI=1S/C22H18ClFN6O/c23-16-9-13(3-4-15(16)21(25)31)18-5-6-19(30-26)22(29-18)28-11-14-8-12-2-1-7-27-20(12)10-17(14)24/h1-10,30H,11,26H2,(H2,25,31)(H,28,29). The van der Waals surface area contributed by atoms with Crippen LogP contribution in [0.25, 0.3) is 22.2 Å². The topological polar surface area (TPSA) is 119 Å². The zero-order valence-electron chi connectivity index (χ0n) is 16.2. The minimum atomic E-state index is -0.609. The molecule has 0 unspecified atom stereocenters. The highest BCUT2D eigenvalue weighted by atomic mass is 35.5. The van der Waals surface area contributed by atoms with Gasteiger partial charge in [-0.05, 0) is 36.4 Å². The number of carbonyl (C=O) groups is 1. The van der Waals surface area contributed by atoms with Crippen LogP contribution in [0.1, 0.15) is 15.9 Å². The first-order chi connectivity index (χ1) is 15.0. The second-order valence-corrected chi connectivity index (χ2v) is 7.20. The number of hydrogen-bond acceptors (Lipinski definition) is 6. The minimum Gasteiger partial charge on any atom is -0.366 e. The van der Waals surface area contributed by atoms with E-state index in [0.29, 0.717) is 33.8 Å². The molecule has 6 N–H and O–H groups in total. The van der Waals surface area contributed by atoms with Crippen LogP contribution in [0, 0.1) is 5.82 Å². The molecule has 0 aliphatic carbocycles. The average Bonchev–Trinajstić information content (AvgIpc) is 2.77. The summed E-state index contributed by atoms with van der Waals surface area (Å²) in [6.07, 6.45) is 1.62. The first-order valence-corrected chi connectivity index (χ1v) is 9.68. The Balaban J connectivity index is 1.64. The number of aromatic nitrogens is 2. The molecule has 31 heavy (non-hydrogen) atoms. The Morgan fingerprint density at radius 1 is 1.13 bits per heavy atom. The molecule has 7 nitrogen and oxygen atoms in total. The Labute approximate surface area is 182 Å². The summed E-state index contributed by atoms with van der Waals surface area (Å²) in [5.74, 6) is 5.06. The molecule has 0 bridgehead atoms. The number of hydrazine groups is 1. The van der Waals surface area contributed by atoms with Gasteiger partial charge >= 0.3 is 0 Å². The van der Waals surface area contributed by atoms with E-state index in [-0.39, 0.29) is 22.9 Å². The molecule has 0 saturated heterocycles. The number of nitrogens with two attached hydrogens (primary N) is 2. The van der Waals surface area contributed by atoms with E-state index in [1.54, 1.807) is 48.7 Å². The summed E-state index contributed by atoms with van der Waals surface area (Å²) >= 11 is 6.16. The zero-order chi connectivity index (χ0) is 22.0. The van der Waals surface area contributed by atoms with Crippen LogP contribution in [0.5, 0.6) is 0 Å². The number of nitrogens with one attached hydrogen (secondary N) is 2. The zero-order valence-corrected chi connectivity index (χ0v) is 16.9. The van der Waals surface area contributed by atoms with Crippen LogP contribution in [0.15, 0.2) is 60.8 Å². The highest BCUT2D eigenvalue weighted by Gasteiger charge is 2.12. The molecule has 0 radical (unpaired) electrons. The largest absolute Gasteiger partial charge is 0.366 e. The van der Waals surface area contributed by atoms with E-state index in [2.05, 4.69) is 20.7 Å². The third-order valence-corrected chi connectivity index (χ3v) is 5.11. The van der Waals surface area contributed by atoms with E-state index in [9.17, 15) is 9.18 Å². The smallest absolute Gasteiger partial charge is 0.250 e. The maximum absolute atomic E-state index is 14.5. The van der Waals surface area contributed by atoms with Gasteiger partial charge in [0.15, 0.2) is 5.82 Å². The van der Waals surface area contributed by atoms with Crippen molar-refractivity contribution in [2.45, 2.75) is 6.54 Å². The second-order valence-electron chi connectivity index (χ2n) is 6.79. The van der Waals surface area contributed by atoms with Crippen LogP contribution in [0.3, 0.4) is 0 Å². The van der Waals surface area contributed by atoms with Crippen LogP contribution >= 0.6 is 11.6 Å². The number of hydrogen-bond donors (Lipinski definition) is 4. The summed E-state index contributed by atoms with van der Waals surface area (Å²) < 4.78 is 14.5. The lowest BCUT2D eigenvalue weighted by Crippen LogP contribution is -2.12. The van der Waals surface area contributed by atoms with Crippen LogP contribution < -0.4 is 22.3 Å². The van der Waals surface area contributed by atoms with Gasteiger partial charge in [-0.3, -0.25) is 15.6 Å². The molecule has 0 aliphatic heterocycles. The predicted molar refractivity (Wildman–Crippen MR) is 120 cm³/mol. The van der Waals surface area contributed by atoms with Crippen molar-refractivity contribution < 1.29 is 9.18 Å². The summed E-state index contributed by atoms with van der Waals surface area (Å²) in [6.45, 7) is 0.184. The van der Waals surface area contributed by atoms with Gasteiger partial charge in [-0.2, -0.15) is 0 Å². The van der Waals surface area contributed by atoms with Crippen molar-refractivity contribution in [2.75, 3.05) is 10.7 Å². The monoisotopic (exact) mass is 436 g/mol. The highest BCUT2D eigenvalue weighted by molar-refractivity contribution is 6.34. The molecule has 0 atom stereocenters. The first-order valence-electron chi connectivity index (χ1n) is 9.30. The van der Waals surface area contributed by atoms with Crippen molar-refractivity contribution in [1.82, 2.24) is 9.97 Å². The quantitative estimate of drug-likeness (QED) is 0.267. The summed E-state index contributed by atoms with van der Waals surface area (Å²) in [5, 5.41) is 4.19. The molecule has 2 aromatic carbocycles. The van der Waals surface area contributed by atoms with E-state index in [1.807, 2.05) is 6.07 Å². The number of pyridine rings is 2. The minimum absolute atomic E-state index is 0.184. The fraction of sp³-hybridized carbons (Fsp3) is 0.0455. The number of fused-ring (bicyclic) bond motifs is 1. The van der Waals surface area contributed by atoms with Gasteiger partial charge in [-0.25, -0.2) is 9.37 Å². The van der Waals surface area contributed by atoms with E-state index in [4.69, 9.17) is 23.2 Å². The number of anilines is 2. The van der Waals surface area contributed by atoms with Crippen LogP contribution in [-0.2, 0) is 6.54 Å². The first kappa shape index (κ1) is 20.5. The number of amides is 1. The van der Waals surface area contributed by atoms with E-state index >= 15 is 0 Å². The van der Waals surface area contributed by atoms with Gasteiger partial charge in [0.1, 0.15) is 5.82 Å². The van der Waals surface area contributed by atoms with Gasteiger partial charge in [0, 0.05) is 35.3 Å². The maximum Gasteiger partial charge on any atom is 0.250 e. The van der Waals surface area contributed by atoms with Crippen LogP contribution in [-0.4, -0.2) is 15.9 Å². The number of primary amides is 1. The van der Waals surface area contributed by atoms with Gasteiger partial charge < -0.3 is 16.5 Å². The van der Waals surface area contributed by atoms with Crippen molar-refractivity contribution in [3.63, 3.8) is 0 Å². The van der Waals surface area contributed by atoms with Crippen molar-refractivity contribution >= 4 is 39.9 Å². The molecule has 0 spiro atoms. The molecule has 2 aromatic heterocycles. The normalized spacial score (nSPS) is 10.8. The average molecular weight is 437 g/mol. The number of nitrogens with zero attached hydrogens (tertiary/aromatic N) is 2. The fourth-order valence-corrected chi connectivity index (χ4v) is 3.48. The Morgan fingerprint density at radius 3 is 2.71 bits per heavy atom. The Kier molecular flexibility index (Phi) is 5.66. The SMILES string of the molecule is NNc1ccc(-c2ccc(C(N)=O)c(Cl)c2)nc1NCc1cc2cccnc2cc1F. The molecular weight excluding hydrogens is 419 g/mol. The van der Waals surface area contributed by atoms with Crippen molar-refractivity contribution in [1.29, 1.82) is 0 Å². The van der Waals surface area contributed by atoms with Gasteiger partial charge in [0.25, 0.3) is 0 Å². The predicted octanol–water partition coefficient (Wildman–Crippen LogP) is 4.09. The number of halogens is 2. The van der Waals surface area contributed by atoms with Gasteiger partial charge in [-0.1, -0.05) is 23.7 Å². The third kappa shape index (κ3) is 4.25. The lowest BCUT2D eigenvalue weighted by molar-refractivity contribution is 0.100. The molecule has 0 saturated carbocycles. The van der Waals surface area contributed by atoms with Gasteiger partial charge in [0.2, 0.25) is 5.91 Å². The van der Waals surface area contributed by atoms with E-state index in [0.717, 1.165) is 5.39 Å². The highest BCUT2D eigenvalue weighted by Crippen LogP contribution is 2.29. The van der Waals surface area contributed by atoms with Crippen LogP contribution in [0.2, 0.25) is 5.02 Å². The molecule has 4 rings (SSSR count). The van der Waals surface area contributed by atoms with E-state index < -0.39 is 5.91 Å². The molecule has 0 fully saturated rings. The molecule has 2 heterocycles. The molecule has 0 aliphatic rings.